The van der Waals surface area contributed by atoms with Crippen LogP contribution in [-0.4, -0.2) is 23.7 Å². The Balaban J connectivity index is 2.20. The number of aryl methyl sites for hydroxylation is 1. The SMILES string of the molecule is CNCCCc1cc2c(O)cccc2[nH]1. The molecule has 0 aliphatic carbocycles. The quantitative estimate of drug-likeness (QED) is 0.667. The van der Waals surface area contributed by atoms with Crippen molar-refractivity contribution in [2.24, 2.45) is 0 Å². The average molecular weight is 204 g/mol. The highest BCUT2D eigenvalue weighted by atomic mass is 16.3. The second-order valence-electron chi connectivity index (χ2n) is 3.74. The van der Waals surface area contributed by atoms with E-state index in [0.29, 0.717) is 5.75 Å². The van der Waals surface area contributed by atoms with Gasteiger partial charge in [-0.1, -0.05) is 6.07 Å². The molecule has 3 N–H and O–H groups in total. The molecule has 15 heavy (non-hydrogen) atoms. The van der Waals surface area contributed by atoms with Crippen LogP contribution in [0.4, 0.5) is 0 Å². The molecule has 3 heteroatoms. The standard InChI is InChI=1S/C12H16N2O/c1-13-7-3-4-9-8-10-11(14-9)5-2-6-12(10)15/h2,5-6,8,13-15H,3-4,7H2,1H3. The number of rotatable bonds is 4. The Morgan fingerprint density at radius 3 is 3.00 bits per heavy atom. The van der Waals surface area contributed by atoms with Gasteiger partial charge in [0.15, 0.2) is 0 Å². The van der Waals surface area contributed by atoms with E-state index in [0.717, 1.165) is 30.3 Å². The monoisotopic (exact) mass is 204 g/mol. The van der Waals surface area contributed by atoms with Crippen molar-refractivity contribution in [2.75, 3.05) is 13.6 Å². The van der Waals surface area contributed by atoms with Crippen molar-refractivity contribution < 1.29 is 5.11 Å². The van der Waals surface area contributed by atoms with Crippen LogP contribution in [0.3, 0.4) is 0 Å². The van der Waals surface area contributed by atoms with Crippen LogP contribution in [0.5, 0.6) is 5.75 Å². The Labute approximate surface area is 89.1 Å². The number of phenols is 1. The lowest BCUT2D eigenvalue weighted by atomic mass is 10.2. The number of H-pyrrole nitrogens is 1. The van der Waals surface area contributed by atoms with Crippen LogP contribution in [0.25, 0.3) is 10.9 Å². The van der Waals surface area contributed by atoms with Gasteiger partial charge in [-0.25, -0.2) is 0 Å². The topological polar surface area (TPSA) is 48.0 Å². The molecule has 1 aromatic carbocycles. The van der Waals surface area contributed by atoms with Crippen LogP contribution in [0.1, 0.15) is 12.1 Å². The van der Waals surface area contributed by atoms with Crippen molar-refractivity contribution in [1.82, 2.24) is 10.3 Å². The molecule has 0 unspecified atom stereocenters. The maximum absolute atomic E-state index is 9.62. The molecule has 0 saturated carbocycles. The van der Waals surface area contributed by atoms with Crippen molar-refractivity contribution >= 4 is 10.9 Å². The molecule has 0 amide bonds. The van der Waals surface area contributed by atoms with Crippen molar-refractivity contribution in [3.8, 4) is 5.75 Å². The highest BCUT2D eigenvalue weighted by Gasteiger charge is 2.03. The van der Waals surface area contributed by atoms with E-state index < -0.39 is 0 Å². The third-order valence-electron chi connectivity index (χ3n) is 2.57. The molecule has 0 spiro atoms. The van der Waals surface area contributed by atoms with E-state index in [2.05, 4.69) is 10.3 Å². The van der Waals surface area contributed by atoms with E-state index in [9.17, 15) is 5.11 Å². The summed E-state index contributed by atoms with van der Waals surface area (Å²) >= 11 is 0. The Bertz CT molecular complexity index is 448. The summed E-state index contributed by atoms with van der Waals surface area (Å²) < 4.78 is 0. The predicted octanol–water partition coefficient (Wildman–Crippen LogP) is 2.03. The number of aromatic hydroxyl groups is 1. The summed E-state index contributed by atoms with van der Waals surface area (Å²) in [6.45, 7) is 1.02. The molecule has 3 nitrogen and oxygen atoms in total. The first-order chi connectivity index (χ1) is 7.31. The molecule has 2 aromatic rings. The summed E-state index contributed by atoms with van der Waals surface area (Å²) in [6, 6.07) is 7.58. The normalized spacial score (nSPS) is 11.0. The van der Waals surface area contributed by atoms with Crippen LogP contribution in [0.15, 0.2) is 24.3 Å². The molecule has 0 bridgehead atoms. The van der Waals surface area contributed by atoms with E-state index in [4.69, 9.17) is 0 Å². The predicted molar refractivity (Wildman–Crippen MR) is 62.2 cm³/mol. The second kappa shape index (κ2) is 4.36. The van der Waals surface area contributed by atoms with Gasteiger partial charge < -0.3 is 15.4 Å². The van der Waals surface area contributed by atoms with Crippen LogP contribution in [0.2, 0.25) is 0 Å². The summed E-state index contributed by atoms with van der Waals surface area (Å²) in [4.78, 5) is 3.31. The van der Waals surface area contributed by atoms with Crippen LogP contribution in [0, 0.1) is 0 Å². The van der Waals surface area contributed by atoms with Gasteiger partial charge >= 0.3 is 0 Å². The highest BCUT2D eigenvalue weighted by molar-refractivity contribution is 5.86. The third-order valence-corrected chi connectivity index (χ3v) is 2.57. The fourth-order valence-electron chi connectivity index (χ4n) is 1.79. The zero-order valence-electron chi connectivity index (χ0n) is 8.88. The molecule has 0 aliphatic heterocycles. The lowest BCUT2D eigenvalue weighted by Crippen LogP contribution is -2.08. The van der Waals surface area contributed by atoms with Gasteiger partial charge in [0.1, 0.15) is 5.75 Å². The molecule has 0 atom stereocenters. The van der Waals surface area contributed by atoms with Gasteiger partial charge in [0.25, 0.3) is 0 Å². The Hall–Kier alpha value is -1.48. The number of fused-ring (bicyclic) bond motifs is 1. The highest BCUT2D eigenvalue weighted by Crippen LogP contribution is 2.25. The summed E-state index contributed by atoms with van der Waals surface area (Å²) in [7, 11) is 1.96. The third kappa shape index (κ3) is 2.13. The van der Waals surface area contributed by atoms with E-state index in [1.807, 2.05) is 25.2 Å². The van der Waals surface area contributed by atoms with Gasteiger partial charge in [-0.15, -0.1) is 0 Å². The lowest BCUT2D eigenvalue weighted by molar-refractivity contribution is 0.481. The summed E-state index contributed by atoms with van der Waals surface area (Å²) in [5, 5.41) is 13.7. The van der Waals surface area contributed by atoms with E-state index in [-0.39, 0.29) is 0 Å². The van der Waals surface area contributed by atoms with Crippen molar-refractivity contribution in [1.29, 1.82) is 0 Å². The molecular weight excluding hydrogens is 188 g/mol. The summed E-state index contributed by atoms with van der Waals surface area (Å²) in [5.74, 6) is 0.351. The largest absolute Gasteiger partial charge is 0.507 e. The fourth-order valence-corrected chi connectivity index (χ4v) is 1.79. The maximum atomic E-state index is 9.62. The minimum Gasteiger partial charge on any atom is -0.507 e. The van der Waals surface area contributed by atoms with Gasteiger partial charge in [-0.3, -0.25) is 0 Å². The van der Waals surface area contributed by atoms with Gasteiger partial charge in [-0.2, -0.15) is 0 Å². The van der Waals surface area contributed by atoms with Crippen LogP contribution >= 0.6 is 0 Å². The maximum Gasteiger partial charge on any atom is 0.124 e. The molecular formula is C12H16N2O. The molecule has 2 rings (SSSR count). The second-order valence-corrected chi connectivity index (χ2v) is 3.74. The smallest absolute Gasteiger partial charge is 0.124 e. The van der Waals surface area contributed by atoms with E-state index in [1.165, 1.54) is 5.69 Å². The van der Waals surface area contributed by atoms with E-state index >= 15 is 0 Å². The molecule has 80 valence electrons. The summed E-state index contributed by atoms with van der Waals surface area (Å²) in [5.41, 5.74) is 2.19. The number of aromatic amines is 1. The lowest BCUT2D eigenvalue weighted by Gasteiger charge is -1.96. The number of aromatic nitrogens is 1. The van der Waals surface area contributed by atoms with Crippen molar-refractivity contribution in [3.63, 3.8) is 0 Å². The van der Waals surface area contributed by atoms with Crippen molar-refractivity contribution in [2.45, 2.75) is 12.8 Å². The first-order valence-electron chi connectivity index (χ1n) is 5.25. The minimum atomic E-state index is 0.351. The number of phenolic OH excluding ortho intramolecular Hbond substituents is 1. The van der Waals surface area contributed by atoms with E-state index in [1.54, 1.807) is 6.07 Å². The van der Waals surface area contributed by atoms with Crippen LogP contribution < -0.4 is 5.32 Å². The molecule has 0 saturated heterocycles. The van der Waals surface area contributed by atoms with Crippen molar-refractivity contribution in [3.05, 3.63) is 30.0 Å². The molecule has 1 aromatic heterocycles. The number of benzene rings is 1. The molecule has 0 fully saturated rings. The Morgan fingerprint density at radius 1 is 1.40 bits per heavy atom. The first kappa shape index (κ1) is 10.1. The summed E-state index contributed by atoms with van der Waals surface area (Å²) in [6.07, 6.45) is 2.11. The van der Waals surface area contributed by atoms with Gasteiger partial charge in [0.2, 0.25) is 0 Å². The number of hydrogen-bond donors (Lipinski definition) is 3. The Morgan fingerprint density at radius 2 is 2.27 bits per heavy atom. The number of hydrogen-bond acceptors (Lipinski definition) is 2. The fraction of sp³-hybridized carbons (Fsp3) is 0.333. The van der Waals surface area contributed by atoms with Gasteiger partial charge in [0.05, 0.1) is 0 Å². The van der Waals surface area contributed by atoms with Gasteiger partial charge in [-0.05, 0) is 44.6 Å². The number of nitrogens with one attached hydrogen (secondary N) is 2. The molecule has 0 aliphatic rings. The van der Waals surface area contributed by atoms with Crippen LogP contribution in [-0.2, 0) is 6.42 Å². The average Bonchev–Trinajstić information content (AvgIpc) is 2.63. The first-order valence-corrected chi connectivity index (χ1v) is 5.25. The zero-order valence-corrected chi connectivity index (χ0v) is 8.88. The minimum absolute atomic E-state index is 0.351. The molecule has 0 radical (unpaired) electrons. The van der Waals surface area contributed by atoms with Gasteiger partial charge in [0, 0.05) is 16.6 Å². The Kier molecular flexibility index (Phi) is 2.92. The zero-order chi connectivity index (χ0) is 10.7. The molecule has 1 heterocycles.